The molecule has 3 heterocycles. The van der Waals surface area contributed by atoms with Crippen LogP contribution in [0.5, 0.6) is 0 Å². The van der Waals surface area contributed by atoms with Crippen molar-refractivity contribution in [1.82, 2.24) is 19.7 Å². The zero-order chi connectivity index (χ0) is 19.7. The maximum Gasteiger partial charge on any atom is 0.246 e. The average Bonchev–Trinajstić information content (AvgIpc) is 3.09. The second kappa shape index (κ2) is 7.49. The summed E-state index contributed by atoms with van der Waals surface area (Å²) in [5, 5.41) is 7.30. The lowest BCUT2D eigenvalue weighted by atomic mass is 10.1. The van der Waals surface area contributed by atoms with Gasteiger partial charge in [-0.2, -0.15) is 4.98 Å². The Morgan fingerprint density at radius 2 is 1.75 bits per heavy atom. The van der Waals surface area contributed by atoms with Crippen molar-refractivity contribution in [2.24, 2.45) is 0 Å². The quantitative estimate of drug-likeness (QED) is 0.734. The fourth-order valence-corrected chi connectivity index (χ4v) is 3.21. The summed E-state index contributed by atoms with van der Waals surface area (Å²) >= 11 is 0. The normalized spacial score (nSPS) is 15.1. The molecule has 1 saturated heterocycles. The highest BCUT2D eigenvalue weighted by atomic mass is 19.1. The van der Waals surface area contributed by atoms with E-state index in [1.54, 1.807) is 0 Å². The topological polar surface area (TPSA) is 58.9 Å². The molecule has 28 heavy (non-hydrogen) atoms. The van der Waals surface area contributed by atoms with E-state index in [2.05, 4.69) is 25.3 Å². The third-order valence-electron chi connectivity index (χ3n) is 4.55. The predicted octanol–water partition coefficient (Wildman–Crippen LogP) is 3.93. The largest absolute Gasteiger partial charge is 0.356 e. The van der Waals surface area contributed by atoms with Gasteiger partial charge in [0.05, 0.1) is 5.69 Å². The van der Waals surface area contributed by atoms with E-state index in [1.165, 1.54) is 23.1 Å². The minimum atomic E-state index is -0.750. The molecule has 0 spiro atoms. The van der Waals surface area contributed by atoms with Crippen LogP contribution in [0.15, 0.2) is 36.7 Å². The summed E-state index contributed by atoms with van der Waals surface area (Å²) < 4.78 is 41.5. The van der Waals surface area contributed by atoms with Gasteiger partial charge in [0.1, 0.15) is 30.0 Å². The summed E-state index contributed by atoms with van der Waals surface area (Å²) in [5.41, 5.74) is 1.76. The number of rotatable bonds is 4. The molecule has 2 aromatic heterocycles. The van der Waals surface area contributed by atoms with E-state index in [0.717, 1.165) is 23.3 Å². The second-order valence-corrected chi connectivity index (χ2v) is 6.78. The van der Waals surface area contributed by atoms with Crippen LogP contribution < -0.4 is 10.2 Å². The van der Waals surface area contributed by atoms with Gasteiger partial charge in [-0.1, -0.05) is 0 Å². The lowest BCUT2D eigenvalue weighted by Crippen LogP contribution is -2.35. The van der Waals surface area contributed by atoms with Crippen LogP contribution in [0.1, 0.15) is 18.5 Å². The Hall–Kier alpha value is -3.10. The van der Waals surface area contributed by atoms with Crippen molar-refractivity contribution in [3.63, 3.8) is 0 Å². The molecule has 0 radical (unpaired) electrons. The molecule has 3 aromatic rings. The molecule has 1 aliphatic rings. The number of aromatic nitrogens is 4. The van der Waals surface area contributed by atoms with Gasteiger partial charge in [0.15, 0.2) is 0 Å². The summed E-state index contributed by atoms with van der Waals surface area (Å²) in [7, 11) is 0. The van der Waals surface area contributed by atoms with E-state index >= 15 is 0 Å². The van der Waals surface area contributed by atoms with Crippen molar-refractivity contribution >= 4 is 17.5 Å². The summed E-state index contributed by atoms with van der Waals surface area (Å²) in [6.07, 6.45) is 1.61. The van der Waals surface area contributed by atoms with E-state index in [-0.39, 0.29) is 11.6 Å². The number of aryl methyl sites for hydroxylation is 1. The fourth-order valence-electron chi connectivity index (χ4n) is 3.21. The average molecular weight is 388 g/mol. The molecule has 0 unspecified atom stereocenters. The maximum atomic E-state index is 13.4. The standard InChI is InChI=1S/C19H19F3N6/c1-12-6-16(10-18(24-12)27-4-2-13(20)3-5-27)25-19-23-11-28(26-19)17-8-14(21)7-15(22)9-17/h6-11,13H,2-5H2,1H3,(H,24,25,26). The number of alkyl halides is 1. The summed E-state index contributed by atoms with van der Waals surface area (Å²) in [6.45, 7) is 3.11. The lowest BCUT2D eigenvalue weighted by Gasteiger charge is -2.30. The first-order valence-corrected chi connectivity index (χ1v) is 8.99. The third-order valence-corrected chi connectivity index (χ3v) is 4.55. The van der Waals surface area contributed by atoms with Gasteiger partial charge in [0.25, 0.3) is 0 Å². The molecule has 1 aliphatic heterocycles. The molecule has 1 aromatic carbocycles. The molecular formula is C19H19F3N6. The van der Waals surface area contributed by atoms with Crippen LogP contribution in [-0.4, -0.2) is 39.0 Å². The van der Waals surface area contributed by atoms with Gasteiger partial charge >= 0.3 is 0 Å². The number of hydrogen-bond acceptors (Lipinski definition) is 5. The van der Waals surface area contributed by atoms with Crippen molar-refractivity contribution in [3.05, 3.63) is 54.0 Å². The number of nitrogens with zero attached hydrogens (tertiary/aromatic N) is 5. The van der Waals surface area contributed by atoms with Crippen LogP contribution >= 0.6 is 0 Å². The van der Waals surface area contributed by atoms with Gasteiger partial charge in [0.2, 0.25) is 5.95 Å². The molecule has 0 atom stereocenters. The van der Waals surface area contributed by atoms with Crippen LogP contribution in [-0.2, 0) is 0 Å². The monoisotopic (exact) mass is 388 g/mol. The molecule has 146 valence electrons. The highest BCUT2D eigenvalue weighted by Crippen LogP contribution is 2.24. The number of halogens is 3. The molecule has 4 rings (SSSR count). The minimum Gasteiger partial charge on any atom is -0.356 e. The molecule has 0 amide bonds. The molecule has 6 nitrogen and oxygen atoms in total. The summed E-state index contributed by atoms with van der Waals surface area (Å²) in [5.74, 6) is -0.331. The highest BCUT2D eigenvalue weighted by molar-refractivity contribution is 5.60. The Bertz CT molecular complexity index is 961. The van der Waals surface area contributed by atoms with Crippen LogP contribution in [0.4, 0.5) is 30.6 Å². The van der Waals surface area contributed by atoms with E-state index in [4.69, 9.17) is 0 Å². The Kier molecular flexibility index (Phi) is 4.89. The van der Waals surface area contributed by atoms with E-state index in [1.807, 2.05) is 19.1 Å². The molecule has 1 fully saturated rings. The van der Waals surface area contributed by atoms with Crippen molar-refractivity contribution in [1.29, 1.82) is 0 Å². The van der Waals surface area contributed by atoms with Crippen molar-refractivity contribution in [2.45, 2.75) is 25.9 Å². The molecule has 9 heteroatoms. The van der Waals surface area contributed by atoms with Crippen LogP contribution in [0.25, 0.3) is 5.69 Å². The smallest absolute Gasteiger partial charge is 0.246 e. The fraction of sp³-hybridized carbons (Fsp3) is 0.316. The van der Waals surface area contributed by atoms with Gasteiger partial charge in [-0.05, 0) is 38.0 Å². The zero-order valence-corrected chi connectivity index (χ0v) is 15.2. The van der Waals surface area contributed by atoms with Crippen molar-refractivity contribution in [3.8, 4) is 5.69 Å². The number of piperidine rings is 1. The lowest BCUT2D eigenvalue weighted by molar-refractivity contribution is 0.276. The molecule has 0 saturated carbocycles. The second-order valence-electron chi connectivity index (χ2n) is 6.78. The molecule has 0 bridgehead atoms. The summed E-state index contributed by atoms with van der Waals surface area (Å²) in [4.78, 5) is 10.7. The van der Waals surface area contributed by atoms with Gasteiger partial charge in [-0.25, -0.2) is 22.8 Å². The van der Waals surface area contributed by atoms with E-state index in [9.17, 15) is 13.2 Å². The van der Waals surface area contributed by atoms with Crippen LogP contribution in [0.2, 0.25) is 0 Å². The zero-order valence-electron chi connectivity index (χ0n) is 15.2. The Morgan fingerprint density at radius 3 is 2.46 bits per heavy atom. The third kappa shape index (κ3) is 4.08. The van der Waals surface area contributed by atoms with Gasteiger partial charge in [-0.15, -0.1) is 5.10 Å². The number of hydrogen-bond donors (Lipinski definition) is 1. The number of anilines is 3. The van der Waals surface area contributed by atoms with Crippen molar-refractivity contribution in [2.75, 3.05) is 23.3 Å². The first-order valence-electron chi connectivity index (χ1n) is 8.99. The number of pyridine rings is 1. The first-order chi connectivity index (χ1) is 13.5. The minimum absolute atomic E-state index is 0.235. The highest BCUT2D eigenvalue weighted by Gasteiger charge is 2.20. The first kappa shape index (κ1) is 18.3. The van der Waals surface area contributed by atoms with E-state index in [0.29, 0.717) is 25.9 Å². The van der Waals surface area contributed by atoms with E-state index < -0.39 is 17.8 Å². The van der Waals surface area contributed by atoms with Gasteiger partial charge in [-0.3, -0.25) is 0 Å². The molecule has 0 aliphatic carbocycles. The van der Waals surface area contributed by atoms with Gasteiger partial charge in [0, 0.05) is 36.6 Å². The van der Waals surface area contributed by atoms with Crippen LogP contribution in [0, 0.1) is 18.6 Å². The van der Waals surface area contributed by atoms with Gasteiger partial charge < -0.3 is 10.2 Å². The predicted molar refractivity (Wildman–Crippen MR) is 99.9 cm³/mol. The molecular weight excluding hydrogens is 369 g/mol. The van der Waals surface area contributed by atoms with Crippen molar-refractivity contribution < 1.29 is 13.2 Å². The van der Waals surface area contributed by atoms with Crippen LogP contribution in [0.3, 0.4) is 0 Å². The molecule has 1 N–H and O–H groups in total. The Labute approximate surface area is 160 Å². The number of nitrogens with one attached hydrogen (secondary N) is 1. The Morgan fingerprint density at radius 1 is 1.04 bits per heavy atom. The summed E-state index contributed by atoms with van der Waals surface area (Å²) in [6, 6.07) is 6.84. The SMILES string of the molecule is Cc1cc(Nc2ncn(-c3cc(F)cc(F)c3)n2)cc(N2CCC(F)CC2)n1. The number of benzene rings is 1. The Balaban J connectivity index is 1.54. The maximum absolute atomic E-state index is 13.4.